The quantitative estimate of drug-likeness (QED) is 0.736. The zero-order valence-corrected chi connectivity index (χ0v) is 11.7. The smallest absolute Gasteiger partial charge is 0.128 e. The third-order valence-electron chi connectivity index (χ3n) is 3.26. The molecule has 2 aromatic rings. The van der Waals surface area contributed by atoms with E-state index >= 15 is 0 Å². The summed E-state index contributed by atoms with van der Waals surface area (Å²) < 4.78 is 6.90. The highest BCUT2D eigenvalue weighted by Gasteiger charge is 2.16. The molecule has 0 amide bonds. The summed E-state index contributed by atoms with van der Waals surface area (Å²) >= 11 is 3.56. The van der Waals surface area contributed by atoms with Crippen molar-refractivity contribution in [1.29, 1.82) is 0 Å². The minimum atomic E-state index is 0.676. The first-order valence-corrected chi connectivity index (χ1v) is 6.73. The Kier molecular flexibility index (Phi) is 2.96. The zero-order chi connectivity index (χ0) is 12.5. The van der Waals surface area contributed by atoms with Gasteiger partial charge in [0.25, 0.3) is 0 Å². The number of rotatable bonds is 1. The monoisotopic (exact) mass is 300 g/mol. The van der Waals surface area contributed by atoms with Crippen molar-refractivity contribution in [2.45, 2.75) is 13.5 Å². The first-order valence-electron chi connectivity index (χ1n) is 5.93. The molecule has 0 saturated heterocycles. The van der Waals surface area contributed by atoms with Crippen LogP contribution in [-0.2, 0) is 11.3 Å². The van der Waals surface area contributed by atoms with Crippen LogP contribution in [0.3, 0.4) is 0 Å². The molecule has 1 heterocycles. The Morgan fingerprint density at radius 2 is 1.94 bits per heavy atom. The molecule has 1 aliphatic rings. The van der Waals surface area contributed by atoms with E-state index in [0.717, 1.165) is 10.2 Å². The lowest BCUT2D eigenvalue weighted by atomic mass is 10.0. The fourth-order valence-electron chi connectivity index (χ4n) is 2.16. The molecule has 0 saturated carbocycles. The summed E-state index contributed by atoms with van der Waals surface area (Å²) in [6, 6.07) is 14.5. The molecule has 0 aliphatic carbocycles. The lowest BCUT2D eigenvalue weighted by molar-refractivity contribution is 0.287. The fourth-order valence-corrected chi connectivity index (χ4v) is 2.54. The second kappa shape index (κ2) is 4.62. The molecule has 3 rings (SSSR count). The van der Waals surface area contributed by atoms with Crippen LogP contribution in [-0.4, -0.2) is 0 Å². The van der Waals surface area contributed by atoms with Crippen LogP contribution in [0.2, 0.25) is 0 Å². The van der Waals surface area contributed by atoms with E-state index in [0.29, 0.717) is 6.61 Å². The second-order valence-corrected chi connectivity index (χ2v) is 5.26. The van der Waals surface area contributed by atoms with Gasteiger partial charge in [0.15, 0.2) is 0 Å². The third-order valence-corrected chi connectivity index (χ3v) is 4.12. The Balaban J connectivity index is 2.07. The van der Waals surface area contributed by atoms with Gasteiger partial charge in [0, 0.05) is 15.6 Å². The van der Waals surface area contributed by atoms with E-state index in [-0.39, 0.29) is 0 Å². The first-order chi connectivity index (χ1) is 8.75. The molecule has 0 bridgehead atoms. The summed E-state index contributed by atoms with van der Waals surface area (Å²) in [5, 5.41) is 0. The van der Waals surface area contributed by atoms with E-state index in [1.807, 2.05) is 6.07 Å². The minimum absolute atomic E-state index is 0.676. The van der Waals surface area contributed by atoms with Crippen molar-refractivity contribution in [3.8, 4) is 0 Å². The van der Waals surface area contributed by atoms with E-state index in [9.17, 15) is 0 Å². The standard InChI is InChI=1S/C16H13BrO/c1-11-12(6-4-8-15(11)17)9-16-14-7-3-2-5-13(14)10-18-16/h2-9H,10H2,1H3. The van der Waals surface area contributed by atoms with Crippen molar-refractivity contribution < 1.29 is 4.74 Å². The van der Waals surface area contributed by atoms with Gasteiger partial charge in [-0.05, 0) is 30.2 Å². The van der Waals surface area contributed by atoms with Crippen molar-refractivity contribution in [3.63, 3.8) is 0 Å². The molecule has 90 valence electrons. The van der Waals surface area contributed by atoms with Crippen LogP contribution < -0.4 is 0 Å². The molecule has 1 aliphatic heterocycles. The Labute approximate surface area is 115 Å². The maximum atomic E-state index is 5.77. The third kappa shape index (κ3) is 1.97. The molecule has 18 heavy (non-hydrogen) atoms. The number of fused-ring (bicyclic) bond motifs is 1. The van der Waals surface area contributed by atoms with Gasteiger partial charge in [-0.25, -0.2) is 0 Å². The number of halogens is 1. The molecule has 0 unspecified atom stereocenters. The lowest BCUT2D eigenvalue weighted by Gasteiger charge is -2.05. The van der Waals surface area contributed by atoms with Gasteiger partial charge >= 0.3 is 0 Å². The van der Waals surface area contributed by atoms with Gasteiger partial charge in [-0.3, -0.25) is 0 Å². The van der Waals surface area contributed by atoms with E-state index < -0.39 is 0 Å². The molecule has 0 aromatic heterocycles. The average molecular weight is 301 g/mol. The Bertz CT molecular complexity index is 629. The first kappa shape index (κ1) is 11.5. The molecule has 1 nitrogen and oxygen atoms in total. The molecule has 2 heteroatoms. The summed E-state index contributed by atoms with van der Waals surface area (Å²) in [7, 11) is 0. The highest BCUT2D eigenvalue weighted by Crippen LogP contribution is 2.32. The van der Waals surface area contributed by atoms with Crippen molar-refractivity contribution in [2.24, 2.45) is 0 Å². The van der Waals surface area contributed by atoms with Crippen molar-refractivity contribution in [2.75, 3.05) is 0 Å². The minimum Gasteiger partial charge on any atom is -0.488 e. The number of benzene rings is 2. The van der Waals surface area contributed by atoms with E-state index in [1.54, 1.807) is 0 Å². The largest absolute Gasteiger partial charge is 0.488 e. The van der Waals surface area contributed by atoms with Gasteiger partial charge in [-0.2, -0.15) is 0 Å². The SMILES string of the molecule is Cc1c(Br)cccc1C=C1OCc2ccccc21. The molecule has 0 radical (unpaired) electrons. The summed E-state index contributed by atoms with van der Waals surface area (Å²) in [5.74, 6) is 0.965. The van der Waals surface area contributed by atoms with E-state index in [2.05, 4.69) is 65.3 Å². The summed E-state index contributed by atoms with van der Waals surface area (Å²) in [6.07, 6.45) is 2.12. The van der Waals surface area contributed by atoms with Gasteiger partial charge in [0.1, 0.15) is 12.4 Å². The predicted octanol–water partition coefficient (Wildman–Crippen LogP) is 4.79. The average Bonchev–Trinajstić information content (AvgIpc) is 2.79. The molecule has 0 fully saturated rings. The molecular formula is C16H13BrO. The maximum absolute atomic E-state index is 5.77. The Morgan fingerprint density at radius 1 is 1.11 bits per heavy atom. The highest BCUT2D eigenvalue weighted by molar-refractivity contribution is 9.10. The lowest BCUT2D eigenvalue weighted by Crippen LogP contribution is -1.85. The van der Waals surface area contributed by atoms with Gasteiger partial charge in [-0.1, -0.05) is 52.3 Å². The zero-order valence-electron chi connectivity index (χ0n) is 10.1. The molecule has 2 aromatic carbocycles. The van der Waals surface area contributed by atoms with Crippen LogP contribution in [0.25, 0.3) is 11.8 Å². The maximum Gasteiger partial charge on any atom is 0.128 e. The number of hydrogen-bond acceptors (Lipinski definition) is 1. The topological polar surface area (TPSA) is 9.23 Å². The molecular weight excluding hydrogens is 288 g/mol. The van der Waals surface area contributed by atoms with Gasteiger partial charge in [-0.15, -0.1) is 0 Å². The molecule has 0 atom stereocenters. The van der Waals surface area contributed by atoms with Crippen LogP contribution in [0.1, 0.15) is 22.3 Å². The second-order valence-electron chi connectivity index (χ2n) is 4.41. The van der Waals surface area contributed by atoms with Crippen LogP contribution in [0.4, 0.5) is 0 Å². The van der Waals surface area contributed by atoms with Gasteiger partial charge in [0.2, 0.25) is 0 Å². The Morgan fingerprint density at radius 3 is 2.83 bits per heavy atom. The summed E-state index contributed by atoms with van der Waals surface area (Å²) in [4.78, 5) is 0. The summed E-state index contributed by atoms with van der Waals surface area (Å²) in [5.41, 5.74) is 4.89. The number of hydrogen-bond donors (Lipinski definition) is 0. The van der Waals surface area contributed by atoms with Crippen molar-refractivity contribution >= 4 is 27.8 Å². The van der Waals surface area contributed by atoms with Gasteiger partial charge in [0.05, 0.1) is 0 Å². The normalized spacial score (nSPS) is 15.6. The van der Waals surface area contributed by atoms with E-state index in [1.165, 1.54) is 22.3 Å². The van der Waals surface area contributed by atoms with Crippen LogP contribution in [0, 0.1) is 6.92 Å². The van der Waals surface area contributed by atoms with Crippen LogP contribution in [0.5, 0.6) is 0 Å². The predicted molar refractivity (Wildman–Crippen MR) is 78.0 cm³/mol. The van der Waals surface area contributed by atoms with Crippen LogP contribution in [0.15, 0.2) is 46.9 Å². The van der Waals surface area contributed by atoms with Crippen molar-refractivity contribution in [1.82, 2.24) is 0 Å². The van der Waals surface area contributed by atoms with Crippen molar-refractivity contribution in [3.05, 3.63) is 69.2 Å². The van der Waals surface area contributed by atoms with Gasteiger partial charge < -0.3 is 4.74 Å². The van der Waals surface area contributed by atoms with Crippen LogP contribution >= 0.6 is 15.9 Å². The molecule has 0 N–H and O–H groups in total. The Hall–Kier alpha value is -1.54. The molecule has 0 spiro atoms. The number of ether oxygens (including phenoxy) is 1. The fraction of sp³-hybridized carbons (Fsp3) is 0.125. The summed E-state index contributed by atoms with van der Waals surface area (Å²) in [6.45, 7) is 2.78. The highest BCUT2D eigenvalue weighted by atomic mass is 79.9. The van der Waals surface area contributed by atoms with E-state index in [4.69, 9.17) is 4.74 Å².